The lowest BCUT2D eigenvalue weighted by atomic mass is 9.97. The molecule has 1 saturated heterocycles. The molecule has 2 N–H and O–H groups in total. The third kappa shape index (κ3) is 3.25. The molecular weight excluding hydrogens is 256 g/mol. The number of hydrogen-bond donors (Lipinski definition) is 1. The topological polar surface area (TPSA) is 38.5 Å². The summed E-state index contributed by atoms with van der Waals surface area (Å²) in [6.07, 6.45) is 0. The van der Waals surface area contributed by atoms with Gasteiger partial charge in [0.1, 0.15) is 5.75 Å². The number of methoxy groups -OCH3 is 1. The van der Waals surface area contributed by atoms with Crippen LogP contribution in [-0.2, 0) is 0 Å². The van der Waals surface area contributed by atoms with Gasteiger partial charge in [-0.15, -0.1) is 0 Å². The second-order valence-electron chi connectivity index (χ2n) is 5.21. The van der Waals surface area contributed by atoms with E-state index < -0.39 is 0 Å². The molecule has 19 heavy (non-hydrogen) atoms. The fourth-order valence-electron chi connectivity index (χ4n) is 2.83. The molecule has 1 aliphatic rings. The summed E-state index contributed by atoms with van der Waals surface area (Å²) in [6, 6.07) is 9.11. The van der Waals surface area contributed by atoms with Crippen LogP contribution in [0.1, 0.15) is 25.5 Å². The van der Waals surface area contributed by atoms with Crippen molar-refractivity contribution in [2.75, 3.05) is 25.2 Å². The Morgan fingerprint density at radius 3 is 2.79 bits per heavy atom. The molecule has 3 atom stereocenters. The van der Waals surface area contributed by atoms with Crippen LogP contribution < -0.4 is 10.5 Å². The second-order valence-corrected chi connectivity index (χ2v) is 6.36. The van der Waals surface area contributed by atoms with Gasteiger partial charge in [0.15, 0.2) is 0 Å². The minimum Gasteiger partial charge on any atom is -0.496 e. The van der Waals surface area contributed by atoms with Crippen molar-refractivity contribution in [3.63, 3.8) is 0 Å². The van der Waals surface area contributed by atoms with Gasteiger partial charge in [-0.3, -0.25) is 4.90 Å². The average Bonchev–Trinajstić information content (AvgIpc) is 2.41. The van der Waals surface area contributed by atoms with Gasteiger partial charge in [0.2, 0.25) is 0 Å². The van der Waals surface area contributed by atoms with Crippen LogP contribution >= 0.6 is 11.8 Å². The van der Waals surface area contributed by atoms with Gasteiger partial charge in [-0.05, 0) is 19.9 Å². The quantitative estimate of drug-likeness (QED) is 0.920. The van der Waals surface area contributed by atoms with Gasteiger partial charge in [-0.25, -0.2) is 0 Å². The summed E-state index contributed by atoms with van der Waals surface area (Å²) in [5.74, 6) is 3.30. The first-order chi connectivity index (χ1) is 9.15. The van der Waals surface area contributed by atoms with Crippen LogP contribution in [0, 0.1) is 0 Å². The highest BCUT2D eigenvalue weighted by molar-refractivity contribution is 7.99. The maximum Gasteiger partial charge on any atom is 0.123 e. The zero-order chi connectivity index (χ0) is 13.8. The standard InChI is InChI=1S/C15H24N2OS/c1-11-10-19-9-8-17(11)15(12(2)16)13-6-4-5-7-14(13)18-3/h4-7,11-12,15H,8-10,16H2,1-3H3. The largest absolute Gasteiger partial charge is 0.496 e. The highest BCUT2D eigenvalue weighted by atomic mass is 32.2. The molecule has 2 rings (SSSR count). The van der Waals surface area contributed by atoms with Crippen LogP contribution in [0.25, 0.3) is 0 Å². The summed E-state index contributed by atoms with van der Waals surface area (Å²) in [5.41, 5.74) is 7.49. The number of para-hydroxylation sites is 1. The van der Waals surface area contributed by atoms with E-state index >= 15 is 0 Å². The third-order valence-corrected chi connectivity index (χ3v) is 4.92. The van der Waals surface area contributed by atoms with Crippen LogP contribution in [0.5, 0.6) is 5.75 Å². The Morgan fingerprint density at radius 2 is 2.16 bits per heavy atom. The smallest absolute Gasteiger partial charge is 0.123 e. The molecule has 0 spiro atoms. The predicted molar refractivity (Wildman–Crippen MR) is 82.9 cm³/mol. The molecule has 106 valence electrons. The van der Waals surface area contributed by atoms with Crippen LogP contribution in [0.2, 0.25) is 0 Å². The third-order valence-electron chi connectivity index (χ3n) is 3.73. The van der Waals surface area contributed by atoms with E-state index in [1.807, 2.05) is 23.9 Å². The minimum absolute atomic E-state index is 0.0850. The molecule has 4 heteroatoms. The number of nitrogens with zero attached hydrogens (tertiary/aromatic N) is 1. The Morgan fingerprint density at radius 1 is 1.42 bits per heavy atom. The van der Waals surface area contributed by atoms with Crippen molar-refractivity contribution in [2.45, 2.75) is 32.0 Å². The number of hydrogen-bond acceptors (Lipinski definition) is 4. The molecule has 0 bridgehead atoms. The van der Waals surface area contributed by atoms with Crippen molar-refractivity contribution in [1.82, 2.24) is 4.90 Å². The summed E-state index contributed by atoms with van der Waals surface area (Å²) < 4.78 is 5.52. The van der Waals surface area contributed by atoms with Crippen molar-refractivity contribution < 1.29 is 4.74 Å². The van der Waals surface area contributed by atoms with Gasteiger partial charge in [-0.1, -0.05) is 18.2 Å². The molecule has 0 aromatic heterocycles. The molecular formula is C15H24N2OS. The summed E-state index contributed by atoms with van der Waals surface area (Å²) in [7, 11) is 1.73. The van der Waals surface area contributed by atoms with Gasteiger partial charge in [0.05, 0.1) is 13.2 Å². The zero-order valence-corrected chi connectivity index (χ0v) is 12.8. The number of rotatable bonds is 4. The van der Waals surface area contributed by atoms with E-state index in [1.165, 1.54) is 17.1 Å². The Bertz CT molecular complexity index is 411. The SMILES string of the molecule is COc1ccccc1C(C(C)N)N1CCSCC1C. The van der Waals surface area contributed by atoms with E-state index in [9.17, 15) is 0 Å². The fraction of sp³-hybridized carbons (Fsp3) is 0.600. The predicted octanol–water partition coefficient (Wildman–Crippen LogP) is 2.52. The molecule has 1 fully saturated rings. The van der Waals surface area contributed by atoms with Crippen LogP contribution in [0.3, 0.4) is 0 Å². The van der Waals surface area contributed by atoms with Crippen molar-refractivity contribution in [2.24, 2.45) is 5.73 Å². The molecule has 1 aliphatic heterocycles. The van der Waals surface area contributed by atoms with Crippen molar-refractivity contribution in [3.8, 4) is 5.75 Å². The molecule has 0 saturated carbocycles. The molecule has 1 aromatic rings. The second kappa shape index (κ2) is 6.64. The first-order valence-corrected chi connectivity index (χ1v) is 8.02. The van der Waals surface area contributed by atoms with Crippen molar-refractivity contribution in [3.05, 3.63) is 29.8 Å². The first kappa shape index (κ1) is 14.7. The van der Waals surface area contributed by atoms with Crippen LogP contribution in [0.4, 0.5) is 0 Å². The summed E-state index contributed by atoms with van der Waals surface area (Å²) in [6.45, 7) is 5.47. The van der Waals surface area contributed by atoms with Gasteiger partial charge in [0.25, 0.3) is 0 Å². The normalized spacial score (nSPS) is 23.9. The van der Waals surface area contributed by atoms with Gasteiger partial charge >= 0.3 is 0 Å². The monoisotopic (exact) mass is 280 g/mol. The number of nitrogens with two attached hydrogens (primary N) is 1. The summed E-state index contributed by atoms with van der Waals surface area (Å²) in [5, 5.41) is 0. The highest BCUT2D eigenvalue weighted by Crippen LogP contribution is 2.34. The van der Waals surface area contributed by atoms with Crippen molar-refractivity contribution >= 4 is 11.8 Å². The maximum atomic E-state index is 6.28. The van der Waals surface area contributed by atoms with E-state index in [-0.39, 0.29) is 12.1 Å². The van der Waals surface area contributed by atoms with Gasteiger partial charge in [0, 0.05) is 35.7 Å². The Kier molecular flexibility index (Phi) is 5.13. The number of benzene rings is 1. The van der Waals surface area contributed by atoms with E-state index in [4.69, 9.17) is 10.5 Å². The van der Waals surface area contributed by atoms with E-state index in [0.717, 1.165) is 12.3 Å². The Labute approximate surface area is 120 Å². The number of thioether (sulfide) groups is 1. The lowest BCUT2D eigenvalue weighted by Crippen LogP contribution is -2.48. The van der Waals surface area contributed by atoms with Crippen LogP contribution in [0.15, 0.2) is 24.3 Å². The van der Waals surface area contributed by atoms with E-state index in [2.05, 4.69) is 30.9 Å². The number of ether oxygens (including phenoxy) is 1. The fourth-order valence-corrected chi connectivity index (χ4v) is 3.87. The highest BCUT2D eigenvalue weighted by Gasteiger charge is 2.31. The lowest BCUT2D eigenvalue weighted by molar-refractivity contribution is 0.141. The minimum atomic E-state index is 0.0850. The molecule has 0 radical (unpaired) electrons. The summed E-state index contributed by atoms with van der Waals surface area (Å²) in [4.78, 5) is 2.53. The van der Waals surface area contributed by atoms with Gasteiger partial charge in [-0.2, -0.15) is 11.8 Å². The molecule has 0 amide bonds. The molecule has 3 unspecified atom stereocenters. The molecule has 0 aliphatic carbocycles. The average molecular weight is 280 g/mol. The van der Waals surface area contributed by atoms with E-state index in [1.54, 1.807) is 7.11 Å². The van der Waals surface area contributed by atoms with E-state index in [0.29, 0.717) is 6.04 Å². The zero-order valence-electron chi connectivity index (χ0n) is 12.0. The lowest BCUT2D eigenvalue weighted by Gasteiger charge is -2.41. The van der Waals surface area contributed by atoms with Crippen LogP contribution in [-0.4, -0.2) is 42.1 Å². The first-order valence-electron chi connectivity index (χ1n) is 6.87. The molecule has 1 aromatic carbocycles. The molecule has 1 heterocycles. The maximum absolute atomic E-state index is 6.28. The Hall–Kier alpha value is -0.710. The Balaban J connectivity index is 2.33. The van der Waals surface area contributed by atoms with Crippen molar-refractivity contribution in [1.29, 1.82) is 0 Å². The summed E-state index contributed by atoms with van der Waals surface area (Å²) >= 11 is 2.03. The van der Waals surface area contributed by atoms with Gasteiger partial charge < -0.3 is 10.5 Å². The molecule has 3 nitrogen and oxygen atoms in total.